The van der Waals surface area contributed by atoms with E-state index in [2.05, 4.69) is 0 Å². The van der Waals surface area contributed by atoms with Crippen LogP contribution in [0.25, 0.3) is 0 Å². The van der Waals surface area contributed by atoms with Gasteiger partial charge in [-0.15, -0.1) is 11.8 Å². The highest BCUT2D eigenvalue weighted by molar-refractivity contribution is 8.00. The molecule has 2 atom stereocenters. The third kappa shape index (κ3) is 4.84. The summed E-state index contributed by atoms with van der Waals surface area (Å²) in [6, 6.07) is 15.0. The number of amides is 1. The van der Waals surface area contributed by atoms with Crippen molar-refractivity contribution in [1.82, 2.24) is 4.90 Å². The molecule has 27 heavy (non-hydrogen) atoms. The Morgan fingerprint density at radius 1 is 1.11 bits per heavy atom. The summed E-state index contributed by atoms with van der Waals surface area (Å²) < 4.78 is 38.4. The summed E-state index contributed by atoms with van der Waals surface area (Å²) in [4.78, 5) is 14.8. The van der Waals surface area contributed by atoms with E-state index in [0.717, 1.165) is 29.5 Å². The lowest BCUT2D eigenvalue weighted by atomic mass is 9.89. The maximum atomic E-state index is 12.8. The number of hydrogen-bond donors (Lipinski definition) is 1. The zero-order chi connectivity index (χ0) is 19.4. The normalized spacial score (nSPS) is 20.1. The summed E-state index contributed by atoms with van der Waals surface area (Å²) in [5.74, 6) is 0.419. The highest BCUT2D eigenvalue weighted by atomic mass is 32.2. The van der Waals surface area contributed by atoms with Gasteiger partial charge in [-0.2, -0.15) is 13.2 Å². The van der Waals surface area contributed by atoms with Gasteiger partial charge < -0.3 is 10.6 Å². The average molecular weight is 394 g/mol. The first-order valence-corrected chi connectivity index (χ1v) is 9.70. The van der Waals surface area contributed by atoms with Crippen LogP contribution in [-0.4, -0.2) is 36.2 Å². The molecule has 1 fully saturated rings. The van der Waals surface area contributed by atoms with Gasteiger partial charge in [0.15, 0.2) is 0 Å². The molecule has 2 N–H and O–H groups in total. The average Bonchev–Trinajstić information content (AvgIpc) is 3.11. The molecule has 1 heterocycles. The smallest absolute Gasteiger partial charge is 0.341 e. The van der Waals surface area contributed by atoms with Gasteiger partial charge in [-0.1, -0.05) is 36.4 Å². The number of rotatable bonds is 5. The molecule has 1 aliphatic heterocycles. The first-order chi connectivity index (χ1) is 12.9. The minimum absolute atomic E-state index is 0.0747. The Bertz CT molecular complexity index is 782. The zero-order valence-corrected chi connectivity index (χ0v) is 15.5. The summed E-state index contributed by atoms with van der Waals surface area (Å²) >= 11 is 1.13. The summed E-state index contributed by atoms with van der Waals surface area (Å²) in [5.41, 5.74) is 6.36. The number of hydrogen-bond acceptors (Lipinski definition) is 3. The van der Waals surface area contributed by atoms with E-state index in [0.29, 0.717) is 24.5 Å². The molecular weight excluding hydrogens is 373 g/mol. The van der Waals surface area contributed by atoms with Crippen LogP contribution in [0.15, 0.2) is 59.5 Å². The summed E-state index contributed by atoms with van der Waals surface area (Å²) in [6.45, 7) is 1.66. The Balaban J connectivity index is 1.62. The minimum Gasteiger partial charge on any atom is -0.341 e. The molecule has 1 saturated heterocycles. The number of alkyl halides is 3. The highest BCUT2D eigenvalue weighted by Crippen LogP contribution is 2.34. The van der Waals surface area contributed by atoms with E-state index in [-0.39, 0.29) is 23.5 Å². The first kappa shape index (κ1) is 19.8. The van der Waals surface area contributed by atoms with E-state index < -0.39 is 11.7 Å². The molecule has 1 aliphatic rings. The first-order valence-electron chi connectivity index (χ1n) is 8.71. The van der Waals surface area contributed by atoms with Crippen LogP contribution in [0.2, 0.25) is 0 Å². The molecule has 0 spiro atoms. The van der Waals surface area contributed by atoms with Gasteiger partial charge in [0.25, 0.3) is 0 Å². The van der Waals surface area contributed by atoms with E-state index in [1.807, 2.05) is 30.3 Å². The molecule has 3 rings (SSSR count). The van der Waals surface area contributed by atoms with Gasteiger partial charge in [0, 0.05) is 23.9 Å². The van der Waals surface area contributed by atoms with Crippen molar-refractivity contribution in [1.29, 1.82) is 0 Å². The second-order valence-corrected chi connectivity index (χ2v) is 7.67. The minimum atomic E-state index is -4.38. The molecule has 0 radical (unpaired) electrons. The van der Waals surface area contributed by atoms with Gasteiger partial charge in [0.2, 0.25) is 5.91 Å². The standard InChI is InChI=1S/C20H21F3N2OS/c21-20(22,23)16-7-4-8-17(9-16)27-13-19(26)25-11-15(10-24)18(12-25)14-5-2-1-3-6-14/h1-9,15,18H,10-13,24H2/t15-,18+/m1/s1. The van der Waals surface area contributed by atoms with Crippen LogP contribution in [-0.2, 0) is 11.0 Å². The fourth-order valence-electron chi connectivity index (χ4n) is 3.39. The van der Waals surface area contributed by atoms with Gasteiger partial charge in [0.05, 0.1) is 11.3 Å². The van der Waals surface area contributed by atoms with E-state index in [1.54, 1.807) is 11.0 Å². The highest BCUT2D eigenvalue weighted by Gasteiger charge is 2.35. The predicted octanol–water partition coefficient (Wildman–Crippen LogP) is 4.00. The van der Waals surface area contributed by atoms with E-state index in [4.69, 9.17) is 5.73 Å². The van der Waals surface area contributed by atoms with Crippen LogP contribution < -0.4 is 5.73 Å². The quantitative estimate of drug-likeness (QED) is 0.780. The molecule has 144 valence electrons. The van der Waals surface area contributed by atoms with Crippen molar-refractivity contribution in [2.45, 2.75) is 17.0 Å². The van der Waals surface area contributed by atoms with Gasteiger partial charge in [-0.3, -0.25) is 4.79 Å². The molecule has 0 saturated carbocycles. The molecule has 0 aromatic heterocycles. The van der Waals surface area contributed by atoms with E-state index >= 15 is 0 Å². The fraction of sp³-hybridized carbons (Fsp3) is 0.350. The second kappa shape index (κ2) is 8.35. The third-order valence-corrected chi connectivity index (χ3v) is 5.83. The number of nitrogens with zero attached hydrogens (tertiary/aromatic N) is 1. The van der Waals surface area contributed by atoms with Gasteiger partial charge >= 0.3 is 6.18 Å². The molecule has 3 nitrogen and oxygen atoms in total. The molecule has 2 aromatic rings. The number of nitrogens with two attached hydrogens (primary N) is 1. The topological polar surface area (TPSA) is 46.3 Å². The molecule has 2 aromatic carbocycles. The number of benzene rings is 2. The number of halogens is 3. The van der Waals surface area contributed by atoms with Crippen molar-refractivity contribution in [3.05, 3.63) is 65.7 Å². The maximum Gasteiger partial charge on any atom is 0.416 e. The van der Waals surface area contributed by atoms with E-state index in [9.17, 15) is 18.0 Å². The summed E-state index contributed by atoms with van der Waals surface area (Å²) in [7, 11) is 0. The van der Waals surface area contributed by atoms with Crippen LogP contribution in [0.4, 0.5) is 13.2 Å². The van der Waals surface area contributed by atoms with Crippen molar-refractivity contribution < 1.29 is 18.0 Å². The second-order valence-electron chi connectivity index (χ2n) is 6.63. The maximum absolute atomic E-state index is 12.8. The SMILES string of the molecule is NC[C@@H]1CN(C(=O)CSc2cccc(C(F)(F)F)c2)C[C@H]1c1ccccc1. The lowest BCUT2D eigenvalue weighted by Gasteiger charge is -2.17. The number of likely N-dealkylation sites (tertiary alicyclic amines) is 1. The lowest BCUT2D eigenvalue weighted by Crippen LogP contribution is -2.31. The van der Waals surface area contributed by atoms with Gasteiger partial charge in [-0.25, -0.2) is 0 Å². The van der Waals surface area contributed by atoms with E-state index in [1.165, 1.54) is 6.07 Å². The van der Waals surface area contributed by atoms with Crippen molar-refractivity contribution in [3.8, 4) is 0 Å². The largest absolute Gasteiger partial charge is 0.416 e. The van der Waals surface area contributed by atoms with Crippen LogP contribution in [0, 0.1) is 5.92 Å². The van der Waals surface area contributed by atoms with Crippen LogP contribution in [0.1, 0.15) is 17.0 Å². The summed E-state index contributed by atoms with van der Waals surface area (Å²) in [5, 5.41) is 0. The van der Waals surface area contributed by atoms with Crippen molar-refractivity contribution in [2.24, 2.45) is 11.7 Å². The van der Waals surface area contributed by atoms with Crippen LogP contribution in [0.3, 0.4) is 0 Å². The zero-order valence-electron chi connectivity index (χ0n) is 14.7. The Hall–Kier alpha value is -1.99. The molecule has 1 amide bonds. The number of carbonyl (C=O) groups excluding carboxylic acids is 1. The monoisotopic (exact) mass is 394 g/mol. The third-order valence-electron chi connectivity index (χ3n) is 4.85. The van der Waals surface area contributed by atoms with Gasteiger partial charge in [-0.05, 0) is 36.2 Å². The number of thioether (sulfide) groups is 1. The van der Waals surface area contributed by atoms with Crippen molar-refractivity contribution in [3.63, 3.8) is 0 Å². The lowest BCUT2D eigenvalue weighted by molar-refractivity contribution is -0.137. The molecule has 0 unspecified atom stereocenters. The van der Waals surface area contributed by atoms with Crippen molar-refractivity contribution in [2.75, 3.05) is 25.4 Å². The summed E-state index contributed by atoms with van der Waals surface area (Å²) in [6.07, 6.45) is -4.38. The molecular formula is C20H21F3N2OS. The Morgan fingerprint density at radius 3 is 2.52 bits per heavy atom. The van der Waals surface area contributed by atoms with Gasteiger partial charge in [0.1, 0.15) is 0 Å². The fourth-order valence-corrected chi connectivity index (χ4v) is 4.25. The molecule has 7 heteroatoms. The Labute approximate surface area is 160 Å². The molecule has 0 bridgehead atoms. The van der Waals surface area contributed by atoms with Crippen LogP contribution in [0.5, 0.6) is 0 Å². The molecule has 0 aliphatic carbocycles. The van der Waals surface area contributed by atoms with Crippen molar-refractivity contribution >= 4 is 17.7 Å². The van der Waals surface area contributed by atoms with Crippen LogP contribution >= 0.6 is 11.8 Å². The Kier molecular flexibility index (Phi) is 6.11. The number of carbonyl (C=O) groups is 1. The Morgan fingerprint density at radius 2 is 1.85 bits per heavy atom. The predicted molar refractivity (Wildman–Crippen MR) is 100 cm³/mol.